The number of amides is 4. The van der Waals surface area contributed by atoms with E-state index in [1.807, 2.05) is 20.8 Å². The molecular formula is C17H24N4O3. The highest BCUT2D eigenvalue weighted by Crippen LogP contribution is 2.22. The molecule has 4 amide bonds. The van der Waals surface area contributed by atoms with Crippen LogP contribution >= 0.6 is 0 Å². The second-order valence-corrected chi connectivity index (χ2v) is 6.93. The lowest BCUT2D eigenvalue weighted by atomic mass is 10.1. The van der Waals surface area contributed by atoms with Crippen molar-refractivity contribution in [2.24, 2.45) is 0 Å². The van der Waals surface area contributed by atoms with Crippen LogP contribution in [0.25, 0.3) is 0 Å². The highest BCUT2D eigenvalue weighted by Gasteiger charge is 2.36. The molecule has 1 heterocycles. The number of carbonyl (C=O) groups is 3. The van der Waals surface area contributed by atoms with Crippen LogP contribution in [0, 0.1) is 0 Å². The zero-order chi connectivity index (χ0) is 17.9. The molecule has 0 aromatic heterocycles. The second kappa shape index (κ2) is 6.90. The van der Waals surface area contributed by atoms with Crippen LogP contribution in [-0.4, -0.2) is 40.9 Å². The standard InChI is InChI=1S/C17H24N4O3/c1-11(22)18-12-5-7-13(8-6-12)19-16(24)20-14-9-15(23)21(10-14)17(2,3)4/h5-8,14H,9-10H2,1-4H3,(H,18,22)(H2,19,20,24). The van der Waals surface area contributed by atoms with E-state index in [2.05, 4.69) is 16.0 Å². The molecule has 7 nitrogen and oxygen atoms in total. The third-order valence-electron chi connectivity index (χ3n) is 3.73. The van der Waals surface area contributed by atoms with Crippen LogP contribution in [0.1, 0.15) is 34.1 Å². The van der Waals surface area contributed by atoms with Gasteiger partial charge in [0.15, 0.2) is 0 Å². The molecule has 1 saturated heterocycles. The molecule has 1 atom stereocenters. The van der Waals surface area contributed by atoms with Crippen molar-refractivity contribution >= 4 is 29.2 Å². The van der Waals surface area contributed by atoms with Gasteiger partial charge in [0.1, 0.15) is 0 Å². The number of nitrogens with zero attached hydrogens (tertiary/aromatic N) is 1. The van der Waals surface area contributed by atoms with Gasteiger partial charge in [-0.2, -0.15) is 0 Å². The summed E-state index contributed by atoms with van der Waals surface area (Å²) in [5.41, 5.74) is 1.03. The molecule has 0 aliphatic carbocycles. The topological polar surface area (TPSA) is 90.5 Å². The maximum absolute atomic E-state index is 12.1. The number of nitrogens with one attached hydrogen (secondary N) is 3. The molecule has 0 spiro atoms. The predicted octanol–water partition coefficient (Wildman–Crippen LogP) is 2.17. The first kappa shape index (κ1) is 17.8. The molecular weight excluding hydrogens is 308 g/mol. The molecule has 24 heavy (non-hydrogen) atoms. The van der Waals surface area contributed by atoms with Crippen LogP contribution in [0.4, 0.5) is 16.2 Å². The van der Waals surface area contributed by atoms with Crippen molar-refractivity contribution in [3.63, 3.8) is 0 Å². The summed E-state index contributed by atoms with van der Waals surface area (Å²) in [5.74, 6) is -0.102. The minimum absolute atomic E-state index is 0.0486. The van der Waals surface area contributed by atoms with Crippen molar-refractivity contribution in [1.82, 2.24) is 10.2 Å². The monoisotopic (exact) mass is 332 g/mol. The van der Waals surface area contributed by atoms with Gasteiger partial charge in [-0.25, -0.2) is 4.79 Å². The Hall–Kier alpha value is -2.57. The van der Waals surface area contributed by atoms with Gasteiger partial charge in [0, 0.05) is 36.8 Å². The molecule has 1 aromatic rings. The molecule has 0 saturated carbocycles. The van der Waals surface area contributed by atoms with E-state index in [9.17, 15) is 14.4 Å². The van der Waals surface area contributed by atoms with Gasteiger partial charge in [-0.3, -0.25) is 9.59 Å². The van der Waals surface area contributed by atoms with E-state index in [0.29, 0.717) is 24.3 Å². The fourth-order valence-corrected chi connectivity index (χ4v) is 2.65. The molecule has 7 heteroatoms. The summed E-state index contributed by atoms with van der Waals surface area (Å²) in [7, 11) is 0. The zero-order valence-electron chi connectivity index (χ0n) is 14.5. The largest absolute Gasteiger partial charge is 0.336 e. The zero-order valence-corrected chi connectivity index (χ0v) is 14.5. The minimum atomic E-state index is -0.351. The fourth-order valence-electron chi connectivity index (χ4n) is 2.65. The number of urea groups is 1. The highest BCUT2D eigenvalue weighted by atomic mass is 16.2. The van der Waals surface area contributed by atoms with Gasteiger partial charge >= 0.3 is 6.03 Å². The molecule has 130 valence electrons. The van der Waals surface area contributed by atoms with Gasteiger partial charge in [-0.15, -0.1) is 0 Å². The Morgan fingerprint density at radius 2 is 1.62 bits per heavy atom. The molecule has 3 N–H and O–H groups in total. The Morgan fingerprint density at radius 1 is 1.08 bits per heavy atom. The lowest BCUT2D eigenvalue weighted by Gasteiger charge is -2.32. The lowest BCUT2D eigenvalue weighted by Crippen LogP contribution is -2.45. The Balaban J connectivity index is 1.88. The average molecular weight is 332 g/mol. The van der Waals surface area contributed by atoms with E-state index in [4.69, 9.17) is 0 Å². The van der Waals surface area contributed by atoms with Crippen molar-refractivity contribution in [3.05, 3.63) is 24.3 Å². The van der Waals surface area contributed by atoms with E-state index in [0.717, 1.165) is 0 Å². The van der Waals surface area contributed by atoms with Gasteiger partial charge in [0.2, 0.25) is 11.8 Å². The second-order valence-electron chi connectivity index (χ2n) is 6.93. The number of rotatable bonds is 3. The summed E-state index contributed by atoms with van der Waals surface area (Å²) >= 11 is 0. The Morgan fingerprint density at radius 3 is 2.08 bits per heavy atom. The van der Waals surface area contributed by atoms with Crippen LogP contribution < -0.4 is 16.0 Å². The van der Waals surface area contributed by atoms with E-state index in [1.54, 1.807) is 29.2 Å². The summed E-state index contributed by atoms with van der Waals surface area (Å²) in [6.45, 7) is 7.87. The maximum Gasteiger partial charge on any atom is 0.319 e. The molecule has 0 bridgehead atoms. The number of hydrogen-bond acceptors (Lipinski definition) is 3. The van der Waals surface area contributed by atoms with Gasteiger partial charge in [-0.05, 0) is 45.0 Å². The van der Waals surface area contributed by atoms with E-state index >= 15 is 0 Å². The van der Waals surface area contributed by atoms with Gasteiger partial charge in [0.05, 0.1) is 6.04 Å². The summed E-state index contributed by atoms with van der Waals surface area (Å²) in [6, 6.07) is 6.26. The molecule has 1 aliphatic heterocycles. The van der Waals surface area contributed by atoms with Crippen LogP contribution in [-0.2, 0) is 9.59 Å². The molecule has 1 aromatic carbocycles. The molecule has 1 unspecified atom stereocenters. The van der Waals surface area contributed by atoms with Crippen LogP contribution in [0.2, 0.25) is 0 Å². The minimum Gasteiger partial charge on any atom is -0.336 e. The van der Waals surface area contributed by atoms with E-state index < -0.39 is 0 Å². The van der Waals surface area contributed by atoms with Crippen molar-refractivity contribution in [3.8, 4) is 0 Å². The molecule has 1 fully saturated rings. The first-order valence-electron chi connectivity index (χ1n) is 7.91. The first-order chi connectivity index (χ1) is 11.1. The Kier molecular flexibility index (Phi) is 5.11. The van der Waals surface area contributed by atoms with E-state index in [1.165, 1.54) is 6.92 Å². The quantitative estimate of drug-likeness (QED) is 0.792. The highest BCUT2D eigenvalue weighted by molar-refractivity contribution is 5.92. The van der Waals surface area contributed by atoms with Gasteiger partial charge < -0.3 is 20.9 Å². The van der Waals surface area contributed by atoms with Gasteiger partial charge in [0.25, 0.3) is 0 Å². The molecule has 1 aliphatic rings. The number of carbonyl (C=O) groups excluding carboxylic acids is 3. The average Bonchev–Trinajstić information content (AvgIpc) is 2.81. The molecule has 0 radical (unpaired) electrons. The number of likely N-dealkylation sites (tertiary alicyclic amines) is 1. The fraction of sp³-hybridized carbons (Fsp3) is 0.471. The lowest BCUT2D eigenvalue weighted by molar-refractivity contribution is -0.131. The SMILES string of the molecule is CC(=O)Nc1ccc(NC(=O)NC2CC(=O)N(C(C)(C)C)C2)cc1. The van der Waals surface area contributed by atoms with Crippen molar-refractivity contribution < 1.29 is 14.4 Å². The van der Waals surface area contributed by atoms with E-state index in [-0.39, 0.29) is 29.4 Å². The summed E-state index contributed by atoms with van der Waals surface area (Å²) < 4.78 is 0. The number of benzene rings is 1. The van der Waals surface area contributed by atoms with Crippen molar-refractivity contribution in [1.29, 1.82) is 0 Å². The summed E-state index contributed by atoms with van der Waals surface area (Å²) in [6.07, 6.45) is 0.312. The first-order valence-corrected chi connectivity index (χ1v) is 7.91. The molecule has 2 rings (SSSR count). The number of hydrogen-bond donors (Lipinski definition) is 3. The van der Waals surface area contributed by atoms with Gasteiger partial charge in [-0.1, -0.05) is 0 Å². The van der Waals surface area contributed by atoms with Crippen LogP contribution in [0.3, 0.4) is 0 Å². The van der Waals surface area contributed by atoms with Crippen LogP contribution in [0.5, 0.6) is 0 Å². The van der Waals surface area contributed by atoms with Crippen molar-refractivity contribution in [2.75, 3.05) is 17.2 Å². The van der Waals surface area contributed by atoms with Crippen LogP contribution in [0.15, 0.2) is 24.3 Å². The Labute approximate surface area is 141 Å². The summed E-state index contributed by atoms with van der Waals surface area (Å²) in [4.78, 5) is 36.8. The third-order valence-corrected chi connectivity index (χ3v) is 3.73. The third kappa shape index (κ3) is 4.71. The summed E-state index contributed by atoms with van der Waals surface area (Å²) in [5, 5.41) is 8.21. The predicted molar refractivity (Wildman–Crippen MR) is 92.8 cm³/mol. The smallest absolute Gasteiger partial charge is 0.319 e. The Bertz CT molecular complexity index is 634. The normalized spacial score (nSPS) is 17.6. The maximum atomic E-state index is 12.1. The van der Waals surface area contributed by atoms with Crippen molar-refractivity contribution in [2.45, 2.75) is 45.7 Å². The number of anilines is 2.